The third kappa shape index (κ3) is 7.38. The number of rotatable bonds is 9. The minimum absolute atomic E-state index is 0.107. The molecule has 0 aliphatic carbocycles. The van der Waals surface area contributed by atoms with Gasteiger partial charge in [-0.1, -0.05) is 42.6 Å². The summed E-state index contributed by atoms with van der Waals surface area (Å²) in [6, 6.07) is 6.34. The van der Waals surface area contributed by atoms with Crippen molar-refractivity contribution in [3.8, 4) is 0 Å². The third-order valence-corrected chi connectivity index (χ3v) is 6.39. The molecule has 1 fully saturated rings. The Hall–Kier alpha value is -0.420. The number of hydrogen-bond acceptors (Lipinski definition) is 3. The van der Waals surface area contributed by atoms with Gasteiger partial charge >= 0.3 is 0 Å². The number of likely N-dealkylation sites (tertiary alicyclic amines) is 1. The molecule has 3 nitrogen and oxygen atoms in total. The molecule has 1 atom stereocenters. The maximum atomic E-state index is 11.9. The number of nitrogens with one attached hydrogen (secondary N) is 1. The van der Waals surface area contributed by atoms with Crippen molar-refractivity contribution in [1.29, 1.82) is 0 Å². The van der Waals surface area contributed by atoms with Crippen LogP contribution >= 0.6 is 35.0 Å². The van der Waals surface area contributed by atoms with Crippen molar-refractivity contribution in [2.45, 2.75) is 50.8 Å². The van der Waals surface area contributed by atoms with E-state index in [0.717, 1.165) is 36.9 Å². The van der Waals surface area contributed by atoms with Crippen LogP contribution in [0, 0.1) is 0 Å². The molecule has 6 heteroatoms. The molecule has 0 saturated carbocycles. The Morgan fingerprint density at radius 3 is 2.92 bits per heavy atom. The molecule has 0 aromatic heterocycles. The van der Waals surface area contributed by atoms with Crippen molar-refractivity contribution in [2.24, 2.45) is 0 Å². The van der Waals surface area contributed by atoms with E-state index in [1.165, 1.54) is 32.2 Å². The van der Waals surface area contributed by atoms with Crippen molar-refractivity contribution >= 4 is 40.9 Å². The topological polar surface area (TPSA) is 32.3 Å². The van der Waals surface area contributed by atoms with Gasteiger partial charge in [0.1, 0.15) is 0 Å². The number of amides is 1. The molecule has 0 radical (unpaired) electrons. The van der Waals surface area contributed by atoms with Crippen LogP contribution in [-0.2, 0) is 10.5 Å². The largest absolute Gasteiger partial charge is 0.355 e. The van der Waals surface area contributed by atoms with Crippen LogP contribution in [0.15, 0.2) is 18.2 Å². The summed E-state index contributed by atoms with van der Waals surface area (Å²) >= 11 is 13.5. The van der Waals surface area contributed by atoms with Crippen LogP contribution in [0.3, 0.4) is 0 Å². The summed E-state index contributed by atoms with van der Waals surface area (Å²) in [4.78, 5) is 14.5. The molecular weight excluding hydrogens is 375 g/mol. The van der Waals surface area contributed by atoms with Crippen molar-refractivity contribution in [3.63, 3.8) is 0 Å². The van der Waals surface area contributed by atoms with Gasteiger partial charge in [-0.2, -0.15) is 0 Å². The number of thioether (sulfide) groups is 1. The monoisotopic (exact) mass is 402 g/mol. The highest BCUT2D eigenvalue weighted by atomic mass is 35.5. The maximum Gasteiger partial charge on any atom is 0.230 e. The first-order chi connectivity index (χ1) is 12.1. The highest BCUT2D eigenvalue weighted by Gasteiger charge is 2.19. The Bertz CT molecular complexity index is 556. The van der Waals surface area contributed by atoms with Gasteiger partial charge in [-0.15, -0.1) is 11.8 Å². The van der Waals surface area contributed by atoms with Crippen LogP contribution in [0.25, 0.3) is 0 Å². The summed E-state index contributed by atoms with van der Waals surface area (Å²) in [5, 5.41) is 4.15. The SMILES string of the molecule is CC[C@@H]1CCCCN1CCCNC(=O)CSCc1ccc(Cl)c(Cl)c1. The zero-order valence-electron chi connectivity index (χ0n) is 14.9. The fourth-order valence-electron chi connectivity index (χ4n) is 3.27. The van der Waals surface area contributed by atoms with E-state index in [-0.39, 0.29) is 5.91 Å². The number of hydrogen-bond donors (Lipinski definition) is 1. The average Bonchev–Trinajstić information content (AvgIpc) is 2.62. The number of benzene rings is 1. The normalized spacial score (nSPS) is 18.3. The molecule has 25 heavy (non-hydrogen) atoms. The predicted molar refractivity (Wildman–Crippen MR) is 110 cm³/mol. The molecule has 0 spiro atoms. The van der Waals surface area contributed by atoms with Gasteiger partial charge in [-0.05, 0) is 49.9 Å². The Balaban J connectivity index is 1.57. The van der Waals surface area contributed by atoms with E-state index in [0.29, 0.717) is 15.8 Å². The standard InChI is InChI=1S/C19H28Cl2N2OS/c1-2-16-6-3-4-10-23(16)11-5-9-22-19(24)14-25-13-15-7-8-17(20)18(21)12-15/h7-8,12,16H,2-6,9-11,13-14H2,1H3,(H,22,24)/t16-/m1/s1. The lowest BCUT2D eigenvalue weighted by atomic mass is 10.00. The molecule has 1 N–H and O–H groups in total. The summed E-state index contributed by atoms with van der Waals surface area (Å²) < 4.78 is 0. The zero-order valence-corrected chi connectivity index (χ0v) is 17.2. The lowest BCUT2D eigenvalue weighted by Crippen LogP contribution is -2.40. The number of nitrogens with zero attached hydrogens (tertiary/aromatic N) is 1. The molecule has 1 aromatic carbocycles. The first-order valence-electron chi connectivity index (χ1n) is 9.12. The van der Waals surface area contributed by atoms with Gasteiger partial charge in [0.15, 0.2) is 0 Å². The average molecular weight is 403 g/mol. The van der Waals surface area contributed by atoms with E-state index in [1.54, 1.807) is 17.8 Å². The van der Waals surface area contributed by atoms with Crippen LogP contribution in [0.5, 0.6) is 0 Å². The Kier molecular flexibility index (Phi) is 9.46. The molecule has 0 unspecified atom stereocenters. The summed E-state index contributed by atoms with van der Waals surface area (Å²) in [5.41, 5.74) is 1.09. The third-order valence-electron chi connectivity index (χ3n) is 4.65. The van der Waals surface area contributed by atoms with Gasteiger partial charge in [0, 0.05) is 24.9 Å². The van der Waals surface area contributed by atoms with Crippen molar-refractivity contribution in [3.05, 3.63) is 33.8 Å². The summed E-state index contributed by atoms with van der Waals surface area (Å²) in [5.74, 6) is 1.34. The van der Waals surface area contributed by atoms with Gasteiger partial charge in [-0.3, -0.25) is 4.79 Å². The van der Waals surface area contributed by atoms with Gasteiger partial charge in [0.25, 0.3) is 0 Å². The number of halogens is 2. The molecule has 1 amide bonds. The second-order valence-corrected chi connectivity index (χ2v) is 8.34. The van der Waals surface area contributed by atoms with E-state index in [2.05, 4.69) is 17.1 Å². The molecule has 1 aliphatic rings. The summed E-state index contributed by atoms with van der Waals surface area (Å²) in [6.07, 6.45) is 6.27. The molecule has 2 rings (SSSR count). The molecule has 140 valence electrons. The Morgan fingerprint density at radius 2 is 2.16 bits per heavy atom. The molecule has 1 heterocycles. The molecule has 0 bridgehead atoms. The molecule has 1 aromatic rings. The number of carbonyl (C=O) groups is 1. The van der Waals surface area contributed by atoms with Crippen LogP contribution in [0.2, 0.25) is 10.0 Å². The first kappa shape index (κ1) is 20.9. The number of carbonyl (C=O) groups excluding carboxylic acids is 1. The Labute approximate surface area is 165 Å². The predicted octanol–water partition coefficient (Wildman–Crippen LogP) is 5.00. The van der Waals surface area contributed by atoms with Crippen LogP contribution in [-0.4, -0.2) is 42.2 Å². The second-order valence-electron chi connectivity index (χ2n) is 6.54. The fraction of sp³-hybridized carbons (Fsp3) is 0.632. The fourth-order valence-corrected chi connectivity index (χ4v) is 4.39. The lowest BCUT2D eigenvalue weighted by Gasteiger charge is -2.35. The Morgan fingerprint density at radius 1 is 1.32 bits per heavy atom. The minimum atomic E-state index is 0.107. The quantitative estimate of drug-likeness (QED) is 0.589. The van der Waals surface area contributed by atoms with Crippen LogP contribution < -0.4 is 5.32 Å². The summed E-state index contributed by atoms with van der Waals surface area (Å²) in [7, 11) is 0. The highest BCUT2D eigenvalue weighted by molar-refractivity contribution is 7.99. The first-order valence-corrected chi connectivity index (χ1v) is 11.0. The summed E-state index contributed by atoms with van der Waals surface area (Å²) in [6.45, 7) is 5.34. The van der Waals surface area contributed by atoms with E-state index in [1.807, 2.05) is 12.1 Å². The lowest BCUT2D eigenvalue weighted by molar-refractivity contribution is -0.118. The van der Waals surface area contributed by atoms with E-state index < -0.39 is 0 Å². The molecular formula is C19H28Cl2N2OS. The van der Waals surface area contributed by atoms with Gasteiger partial charge in [-0.25, -0.2) is 0 Å². The van der Waals surface area contributed by atoms with Crippen LogP contribution in [0.4, 0.5) is 0 Å². The van der Waals surface area contributed by atoms with Gasteiger partial charge in [0.05, 0.1) is 15.8 Å². The molecule has 1 saturated heterocycles. The maximum absolute atomic E-state index is 11.9. The zero-order chi connectivity index (χ0) is 18.1. The highest BCUT2D eigenvalue weighted by Crippen LogP contribution is 2.24. The van der Waals surface area contributed by atoms with E-state index >= 15 is 0 Å². The second kappa shape index (κ2) is 11.3. The van der Waals surface area contributed by atoms with Crippen molar-refractivity contribution in [1.82, 2.24) is 10.2 Å². The molecule has 1 aliphatic heterocycles. The minimum Gasteiger partial charge on any atom is -0.355 e. The van der Waals surface area contributed by atoms with E-state index in [9.17, 15) is 4.79 Å². The van der Waals surface area contributed by atoms with Gasteiger partial charge in [0.2, 0.25) is 5.91 Å². The van der Waals surface area contributed by atoms with Crippen molar-refractivity contribution < 1.29 is 4.79 Å². The van der Waals surface area contributed by atoms with Crippen molar-refractivity contribution in [2.75, 3.05) is 25.4 Å². The number of piperidine rings is 1. The smallest absolute Gasteiger partial charge is 0.230 e. The van der Waals surface area contributed by atoms with E-state index in [4.69, 9.17) is 23.2 Å². The van der Waals surface area contributed by atoms with Gasteiger partial charge < -0.3 is 10.2 Å². The van der Waals surface area contributed by atoms with Crippen LogP contribution in [0.1, 0.15) is 44.6 Å².